The number of anilines is 1. The lowest BCUT2D eigenvalue weighted by Gasteiger charge is -2.19. The van der Waals surface area contributed by atoms with Crippen LogP contribution in [0, 0.1) is 0 Å². The maximum Gasteiger partial charge on any atom is 0.252 e. The number of aromatic nitrogens is 2. The van der Waals surface area contributed by atoms with Crippen LogP contribution in [0.1, 0.15) is 34.7 Å². The molecule has 1 atom stereocenters. The number of nitrogens with zero attached hydrogens (tertiary/aromatic N) is 2. The van der Waals surface area contributed by atoms with E-state index < -0.39 is 0 Å². The molecule has 2 amide bonds. The lowest BCUT2D eigenvalue weighted by molar-refractivity contribution is -0.114. The molecule has 2 aromatic carbocycles. The molecule has 0 saturated heterocycles. The number of aryl methyl sites for hydroxylation is 1. The van der Waals surface area contributed by atoms with E-state index in [4.69, 9.17) is 0 Å². The number of imidazole rings is 1. The summed E-state index contributed by atoms with van der Waals surface area (Å²) in [5.74, 6) is 0.386. The maximum atomic E-state index is 12.7. The highest BCUT2D eigenvalue weighted by Gasteiger charge is 2.21. The van der Waals surface area contributed by atoms with Crippen LogP contribution in [-0.2, 0) is 11.8 Å². The van der Waals surface area contributed by atoms with E-state index >= 15 is 0 Å². The van der Waals surface area contributed by atoms with Crippen molar-refractivity contribution in [3.8, 4) is 0 Å². The first-order valence-corrected chi connectivity index (χ1v) is 8.25. The molecular formula is C20H20N4O2. The van der Waals surface area contributed by atoms with Gasteiger partial charge < -0.3 is 15.2 Å². The van der Waals surface area contributed by atoms with Crippen LogP contribution < -0.4 is 10.6 Å². The van der Waals surface area contributed by atoms with Crippen LogP contribution in [0.25, 0.3) is 0 Å². The lowest BCUT2D eigenvalue weighted by Crippen LogP contribution is -2.31. The van der Waals surface area contributed by atoms with Gasteiger partial charge in [-0.15, -0.1) is 0 Å². The molecule has 1 aromatic heterocycles. The minimum absolute atomic E-state index is 0.152. The Morgan fingerprint density at radius 3 is 2.31 bits per heavy atom. The Balaban J connectivity index is 1.84. The molecule has 2 N–H and O–H groups in total. The number of nitrogens with one attached hydrogen (secondary N) is 2. The molecule has 6 heteroatoms. The summed E-state index contributed by atoms with van der Waals surface area (Å²) < 4.78 is 1.89. The van der Waals surface area contributed by atoms with Crippen molar-refractivity contribution in [2.75, 3.05) is 5.32 Å². The van der Waals surface area contributed by atoms with Crippen LogP contribution in [0.3, 0.4) is 0 Å². The Bertz CT molecular complexity index is 901. The molecule has 6 nitrogen and oxygen atoms in total. The first kappa shape index (κ1) is 17.4. The fraction of sp³-hybridized carbons (Fsp3) is 0.150. The Morgan fingerprint density at radius 1 is 1.04 bits per heavy atom. The van der Waals surface area contributed by atoms with Crippen molar-refractivity contribution in [1.82, 2.24) is 14.9 Å². The van der Waals surface area contributed by atoms with Crippen LogP contribution in [0.2, 0.25) is 0 Å². The summed E-state index contributed by atoms with van der Waals surface area (Å²) in [6, 6.07) is 16.1. The first-order chi connectivity index (χ1) is 12.5. The number of hydrogen-bond donors (Lipinski definition) is 2. The number of amides is 2. The van der Waals surface area contributed by atoms with E-state index in [1.54, 1.807) is 30.5 Å². The quantitative estimate of drug-likeness (QED) is 0.744. The van der Waals surface area contributed by atoms with E-state index in [1.165, 1.54) is 6.92 Å². The van der Waals surface area contributed by atoms with Crippen LogP contribution in [0.5, 0.6) is 0 Å². The standard InChI is InChI=1S/C20H20N4O2/c1-14(25)22-17-10-8-16(9-11-17)20(26)23-18(15-6-4-3-5-7-15)19-21-12-13-24(19)2/h3-13,18H,1-2H3,(H,22,25)(H,23,26). The second-order valence-corrected chi connectivity index (χ2v) is 5.97. The first-order valence-electron chi connectivity index (χ1n) is 8.25. The van der Waals surface area contributed by atoms with Crippen LogP contribution in [0.4, 0.5) is 5.69 Å². The van der Waals surface area contributed by atoms with E-state index in [0.29, 0.717) is 11.3 Å². The van der Waals surface area contributed by atoms with Gasteiger partial charge in [0, 0.05) is 37.6 Å². The normalized spacial score (nSPS) is 11.6. The number of hydrogen-bond acceptors (Lipinski definition) is 3. The summed E-state index contributed by atoms with van der Waals surface area (Å²) in [7, 11) is 1.90. The highest BCUT2D eigenvalue weighted by atomic mass is 16.2. The molecule has 0 aliphatic heterocycles. The van der Waals surface area contributed by atoms with E-state index in [2.05, 4.69) is 15.6 Å². The molecule has 132 valence electrons. The molecule has 0 aliphatic rings. The van der Waals surface area contributed by atoms with Gasteiger partial charge in [-0.2, -0.15) is 0 Å². The third kappa shape index (κ3) is 3.97. The molecule has 0 saturated carbocycles. The van der Waals surface area contributed by atoms with Gasteiger partial charge in [0.05, 0.1) is 0 Å². The highest BCUT2D eigenvalue weighted by Crippen LogP contribution is 2.21. The second-order valence-electron chi connectivity index (χ2n) is 5.97. The number of benzene rings is 2. The van der Waals surface area contributed by atoms with Crippen molar-refractivity contribution < 1.29 is 9.59 Å². The highest BCUT2D eigenvalue weighted by molar-refractivity contribution is 5.95. The van der Waals surface area contributed by atoms with Crippen molar-refractivity contribution >= 4 is 17.5 Å². The molecule has 0 spiro atoms. The molecule has 1 unspecified atom stereocenters. The third-order valence-electron chi connectivity index (χ3n) is 3.99. The lowest BCUT2D eigenvalue weighted by atomic mass is 10.1. The molecule has 0 bridgehead atoms. The van der Waals surface area contributed by atoms with Gasteiger partial charge in [0.25, 0.3) is 5.91 Å². The second kappa shape index (κ2) is 7.65. The van der Waals surface area contributed by atoms with Crippen molar-refractivity contribution in [3.05, 3.63) is 83.9 Å². The summed E-state index contributed by atoms with van der Waals surface area (Å²) in [5, 5.41) is 5.73. The van der Waals surface area contributed by atoms with Crippen molar-refractivity contribution in [3.63, 3.8) is 0 Å². The van der Waals surface area contributed by atoms with Gasteiger partial charge in [-0.05, 0) is 29.8 Å². The molecule has 3 rings (SSSR count). The largest absolute Gasteiger partial charge is 0.338 e. The van der Waals surface area contributed by atoms with E-state index in [1.807, 2.05) is 48.1 Å². The summed E-state index contributed by atoms with van der Waals surface area (Å²) >= 11 is 0. The average molecular weight is 348 g/mol. The minimum Gasteiger partial charge on any atom is -0.338 e. The van der Waals surface area contributed by atoms with Crippen LogP contribution in [-0.4, -0.2) is 21.4 Å². The zero-order chi connectivity index (χ0) is 18.5. The van der Waals surface area contributed by atoms with Crippen molar-refractivity contribution in [1.29, 1.82) is 0 Å². The van der Waals surface area contributed by atoms with E-state index in [0.717, 1.165) is 11.4 Å². The molecule has 0 fully saturated rings. The average Bonchev–Trinajstić information content (AvgIpc) is 3.06. The van der Waals surface area contributed by atoms with Crippen LogP contribution >= 0.6 is 0 Å². The van der Waals surface area contributed by atoms with Gasteiger partial charge in [-0.3, -0.25) is 9.59 Å². The van der Waals surface area contributed by atoms with Gasteiger partial charge in [0.15, 0.2) is 0 Å². The number of rotatable bonds is 5. The number of carbonyl (C=O) groups excluding carboxylic acids is 2. The van der Waals surface area contributed by atoms with Gasteiger partial charge in [0.2, 0.25) is 5.91 Å². The fourth-order valence-corrected chi connectivity index (χ4v) is 2.72. The van der Waals surface area contributed by atoms with Gasteiger partial charge in [-0.25, -0.2) is 4.98 Å². The fourth-order valence-electron chi connectivity index (χ4n) is 2.72. The monoisotopic (exact) mass is 348 g/mol. The van der Waals surface area contributed by atoms with Gasteiger partial charge in [0.1, 0.15) is 11.9 Å². The minimum atomic E-state index is -0.362. The Morgan fingerprint density at radius 2 is 1.73 bits per heavy atom. The molecule has 3 aromatic rings. The smallest absolute Gasteiger partial charge is 0.252 e. The van der Waals surface area contributed by atoms with Crippen molar-refractivity contribution in [2.24, 2.45) is 7.05 Å². The zero-order valence-corrected chi connectivity index (χ0v) is 14.6. The summed E-state index contributed by atoms with van der Waals surface area (Å²) in [5.41, 5.74) is 2.11. The Labute approximate surface area is 151 Å². The molecule has 0 radical (unpaired) electrons. The summed E-state index contributed by atoms with van der Waals surface area (Å²) in [6.07, 6.45) is 3.55. The van der Waals surface area contributed by atoms with Gasteiger partial charge in [-0.1, -0.05) is 30.3 Å². The molecule has 0 aliphatic carbocycles. The molecule has 1 heterocycles. The van der Waals surface area contributed by atoms with Gasteiger partial charge >= 0.3 is 0 Å². The SMILES string of the molecule is CC(=O)Nc1ccc(C(=O)NC(c2ccccc2)c2nccn2C)cc1. The molecule has 26 heavy (non-hydrogen) atoms. The zero-order valence-electron chi connectivity index (χ0n) is 14.6. The maximum absolute atomic E-state index is 12.7. The predicted molar refractivity (Wildman–Crippen MR) is 99.7 cm³/mol. The Kier molecular flexibility index (Phi) is 5.12. The van der Waals surface area contributed by atoms with Crippen molar-refractivity contribution in [2.45, 2.75) is 13.0 Å². The summed E-state index contributed by atoms with van der Waals surface area (Å²) in [4.78, 5) is 28.2. The topological polar surface area (TPSA) is 76.0 Å². The van der Waals surface area contributed by atoms with E-state index in [-0.39, 0.29) is 17.9 Å². The molecular weight excluding hydrogens is 328 g/mol. The van der Waals surface area contributed by atoms with E-state index in [9.17, 15) is 9.59 Å². The number of carbonyl (C=O) groups is 2. The van der Waals surface area contributed by atoms with Crippen LogP contribution in [0.15, 0.2) is 67.0 Å². The summed E-state index contributed by atoms with van der Waals surface area (Å²) in [6.45, 7) is 1.44. The third-order valence-corrected chi connectivity index (χ3v) is 3.99. The predicted octanol–water partition coefficient (Wildman–Crippen LogP) is 2.90. The Hall–Kier alpha value is -3.41.